The number of halogens is 1. The van der Waals surface area contributed by atoms with Gasteiger partial charge in [0.15, 0.2) is 0 Å². The molecular formula is C12H11ClN2O3. The van der Waals surface area contributed by atoms with Gasteiger partial charge in [-0.15, -0.1) is 0 Å². The molecule has 0 amide bonds. The number of hydrogen-bond donors (Lipinski definition) is 0. The van der Waals surface area contributed by atoms with E-state index in [1.165, 1.54) is 6.33 Å². The average molecular weight is 267 g/mol. The number of ether oxygens (including phenoxy) is 2. The van der Waals surface area contributed by atoms with Crippen LogP contribution in [0.15, 0.2) is 36.8 Å². The molecule has 0 radical (unpaired) electrons. The first-order valence-electron chi connectivity index (χ1n) is 5.33. The first kappa shape index (κ1) is 12.4. The van der Waals surface area contributed by atoms with E-state index < -0.39 is 6.16 Å². The zero-order valence-corrected chi connectivity index (χ0v) is 10.4. The molecule has 94 valence electrons. The monoisotopic (exact) mass is 266 g/mol. The molecule has 0 spiro atoms. The molecule has 0 bridgehead atoms. The van der Waals surface area contributed by atoms with Gasteiger partial charge in [-0.1, -0.05) is 11.6 Å². The second-order valence-corrected chi connectivity index (χ2v) is 3.82. The second-order valence-electron chi connectivity index (χ2n) is 3.38. The highest BCUT2D eigenvalue weighted by atomic mass is 35.5. The van der Waals surface area contributed by atoms with Crippen LogP contribution in [0.2, 0.25) is 5.02 Å². The van der Waals surface area contributed by atoms with Crippen molar-refractivity contribution in [2.24, 2.45) is 0 Å². The molecule has 18 heavy (non-hydrogen) atoms. The predicted octanol–water partition coefficient (Wildman–Crippen LogP) is 3.06. The Kier molecular flexibility index (Phi) is 3.84. The molecule has 0 unspecified atom stereocenters. The molecule has 0 saturated heterocycles. The summed E-state index contributed by atoms with van der Waals surface area (Å²) in [6.45, 7) is 1.96. The number of rotatable bonds is 3. The standard InChI is InChI=1S/C12H11ClN2O3/c1-2-17-12(16)18-11-7-15(8-14-11)10-5-3-9(13)4-6-10/h3-8H,2H2,1H3. The minimum Gasteiger partial charge on any atom is -0.434 e. The molecule has 0 aliphatic rings. The predicted molar refractivity (Wildman–Crippen MR) is 66.2 cm³/mol. The summed E-state index contributed by atoms with van der Waals surface area (Å²) < 4.78 is 11.2. The number of carbonyl (C=O) groups is 1. The molecule has 0 aliphatic carbocycles. The minimum atomic E-state index is -0.765. The van der Waals surface area contributed by atoms with Crippen LogP contribution in [0.1, 0.15) is 6.92 Å². The summed E-state index contributed by atoms with van der Waals surface area (Å²) in [5.74, 6) is 0.184. The number of nitrogens with zero attached hydrogens (tertiary/aromatic N) is 2. The van der Waals surface area contributed by atoms with Gasteiger partial charge in [0.2, 0.25) is 5.88 Å². The largest absolute Gasteiger partial charge is 0.515 e. The van der Waals surface area contributed by atoms with Gasteiger partial charge in [0, 0.05) is 10.7 Å². The molecule has 2 aromatic rings. The number of aromatic nitrogens is 2. The SMILES string of the molecule is CCOC(=O)Oc1cn(-c2ccc(Cl)cc2)cn1. The maximum Gasteiger partial charge on any atom is 0.515 e. The van der Waals surface area contributed by atoms with Crippen LogP contribution in [-0.2, 0) is 4.74 Å². The Balaban J connectivity index is 2.10. The van der Waals surface area contributed by atoms with Crippen molar-refractivity contribution >= 4 is 17.8 Å². The first-order valence-corrected chi connectivity index (χ1v) is 5.71. The van der Waals surface area contributed by atoms with Crippen LogP contribution in [0, 0.1) is 0 Å². The van der Waals surface area contributed by atoms with Gasteiger partial charge < -0.3 is 14.0 Å². The molecule has 1 aromatic carbocycles. The van der Waals surface area contributed by atoms with Gasteiger partial charge in [-0.05, 0) is 31.2 Å². The highest BCUT2D eigenvalue weighted by Crippen LogP contribution is 2.16. The van der Waals surface area contributed by atoms with E-state index in [-0.39, 0.29) is 12.5 Å². The van der Waals surface area contributed by atoms with E-state index in [2.05, 4.69) is 9.72 Å². The molecule has 0 aliphatic heterocycles. The van der Waals surface area contributed by atoms with Crippen LogP contribution in [0.4, 0.5) is 4.79 Å². The molecule has 5 nitrogen and oxygen atoms in total. The maximum atomic E-state index is 11.1. The third kappa shape index (κ3) is 3.01. The molecule has 6 heteroatoms. The molecule has 2 rings (SSSR count). The number of hydrogen-bond acceptors (Lipinski definition) is 4. The van der Waals surface area contributed by atoms with Crippen molar-refractivity contribution in [2.45, 2.75) is 6.92 Å². The van der Waals surface area contributed by atoms with E-state index in [1.807, 2.05) is 12.1 Å². The fraction of sp³-hybridized carbons (Fsp3) is 0.167. The smallest absolute Gasteiger partial charge is 0.434 e. The number of carbonyl (C=O) groups excluding carboxylic acids is 1. The van der Waals surface area contributed by atoms with Crippen molar-refractivity contribution in [3.63, 3.8) is 0 Å². The Labute approximate surface area is 109 Å². The fourth-order valence-electron chi connectivity index (χ4n) is 1.34. The summed E-state index contributed by atoms with van der Waals surface area (Å²) >= 11 is 5.80. The topological polar surface area (TPSA) is 53.4 Å². The molecule has 0 N–H and O–H groups in total. The van der Waals surface area contributed by atoms with E-state index in [0.29, 0.717) is 5.02 Å². The van der Waals surface area contributed by atoms with Crippen LogP contribution < -0.4 is 4.74 Å². The van der Waals surface area contributed by atoms with Gasteiger partial charge in [-0.2, -0.15) is 0 Å². The highest BCUT2D eigenvalue weighted by Gasteiger charge is 2.08. The Hall–Kier alpha value is -2.01. The van der Waals surface area contributed by atoms with Crippen molar-refractivity contribution in [2.75, 3.05) is 6.61 Å². The van der Waals surface area contributed by atoms with Crippen LogP contribution in [0.3, 0.4) is 0 Å². The summed E-state index contributed by atoms with van der Waals surface area (Å²) in [4.78, 5) is 15.0. The maximum absolute atomic E-state index is 11.1. The van der Waals surface area contributed by atoms with Crippen LogP contribution in [-0.4, -0.2) is 22.3 Å². The molecular weight excluding hydrogens is 256 g/mol. The molecule has 0 saturated carbocycles. The van der Waals surface area contributed by atoms with E-state index in [4.69, 9.17) is 16.3 Å². The lowest BCUT2D eigenvalue weighted by Gasteiger charge is -2.01. The molecule has 1 heterocycles. The van der Waals surface area contributed by atoms with E-state index in [9.17, 15) is 4.79 Å². The lowest BCUT2D eigenvalue weighted by Crippen LogP contribution is -2.10. The third-order valence-electron chi connectivity index (χ3n) is 2.13. The Morgan fingerprint density at radius 3 is 2.78 bits per heavy atom. The normalized spacial score (nSPS) is 10.1. The Morgan fingerprint density at radius 2 is 2.11 bits per heavy atom. The lowest BCUT2D eigenvalue weighted by atomic mass is 10.3. The highest BCUT2D eigenvalue weighted by molar-refractivity contribution is 6.30. The zero-order valence-electron chi connectivity index (χ0n) is 9.67. The van der Waals surface area contributed by atoms with Gasteiger partial charge in [-0.25, -0.2) is 9.78 Å². The van der Waals surface area contributed by atoms with Gasteiger partial charge in [0.1, 0.15) is 6.33 Å². The lowest BCUT2D eigenvalue weighted by molar-refractivity contribution is 0.103. The second kappa shape index (κ2) is 5.55. The van der Waals surface area contributed by atoms with Crippen molar-refractivity contribution in [3.8, 4) is 11.6 Å². The van der Waals surface area contributed by atoms with Gasteiger partial charge in [0.25, 0.3) is 0 Å². The van der Waals surface area contributed by atoms with Crippen LogP contribution >= 0.6 is 11.6 Å². The van der Waals surface area contributed by atoms with Crippen molar-refractivity contribution in [1.82, 2.24) is 9.55 Å². The summed E-state index contributed by atoms with van der Waals surface area (Å²) in [6.07, 6.45) is 2.36. The molecule has 0 atom stereocenters. The first-order chi connectivity index (χ1) is 8.69. The van der Waals surface area contributed by atoms with Crippen LogP contribution in [0.25, 0.3) is 5.69 Å². The van der Waals surface area contributed by atoms with Crippen molar-refractivity contribution in [1.29, 1.82) is 0 Å². The zero-order chi connectivity index (χ0) is 13.0. The third-order valence-corrected chi connectivity index (χ3v) is 2.39. The summed E-state index contributed by atoms with van der Waals surface area (Å²) in [5.41, 5.74) is 0.866. The van der Waals surface area contributed by atoms with Gasteiger partial charge in [0.05, 0.1) is 12.8 Å². The Bertz CT molecular complexity index is 537. The quantitative estimate of drug-likeness (QED) is 0.801. The average Bonchev–Trinajstić information content (AvgIpc) is 2.78. The minimum absolute atomic E-state index is 0.184. The number of imidazole rings is 1. The summed E-state index contributed by atoms with van der Waals surface area (Å²) in [6, 6.07) is 7.20. The van der Waals surface area contributed by atoms with Gasteiger partial charge >= 0.3 is 6.16 Å². The van der Waals surface area contributed by atoms with Crippen molar-refractivity contribution < 1.29 is 14.3 Å². The van der Waals surface area contributed by atoms with Crippen LogP contribution in [0.5, 0.6) is 5.88 Å². The Morgan fingerprint density at radius 1 is 1.39 bits per heavy atom. The summed E-state index contributed by atoms with van der Waals surface area (Å²) in [5, 5.41) is 0.655. The molecule has 0 fully saturated rings. The van der Waals surface area contributed by atoms with E-state index >= 15 is 0 Å². The van der Waals surface area contributed by atoms with E-state index in [0.717, 1.165) is 5.69 Å². The van der Waals surface area contributed by atoms with E-state index in [1.54, 1.807) is 29.8 Å². The summed E-state index contributed by atoms with van der Waals surface area (Å²) in [7, 11) is 0. The van der Waals surface area contributed by atoms with Gasteiger partial charge in [-0.3, -0.25) is 0 Å². The van der Waals surface area contributed by atoms with Crippen molar-refractivity contribution in [3.05, 3.63) is 41.8 Å². The molecule has 1 aromatic heterocycles. The number of benzene rings is 1. The fourth-order valence-corrected chi connectivity index (χ4v) is 1.47.